The number of rotatable bonds is 2. The molecule has 0 spiro atoms. The Morgan fingerprint density at radius 3 is 2.00 bits per heavy atom. The quantitative estimate of drug-likeness (QED) is 0.455. The molecule has 1 aliphatic heterocycles. The van der Waals surface area contributed by atoms with Crippen LogP contribution < -0.4 is 10.6 Å². The maximum absolute atomic E-state index is 11.0. The zero-order chi connectivity index (χ0) is 13.2. The summed E-state index contributed by atoms with van der Waals surface area (Å²) in [5.74, 6) is -0.713. The maximum Gasteiger partial charge on any atom is 0.217 e. The Hall–Kier alpha value is -1.18. The Balaban J connectivity index is 2.78. The topological polar surface area (TPSA) is 108 Å². The van der Waals surface area contributed by atoms with Crippen LogP contribution >= 0.6 is 0 Å². The highest BCUT2D eigenvalue weighted by atomic mass is 16.6. The van der Waals surface area contributed by atoms with Gasteiger partial charge in [-0.15, -0.1) is 0 Å². The molecule has 17 heavy (non-hydrogen) atoms. The highest BCUT2D eigenvalue weighted by Crippen LogP contribution is 2.19. The van der Waals surface area contributed by atoms with Crippen LogP contribution in [0.2, 0.25) is 0 Å². The second-order valence-electron chi connectivity index (χ2n) is 4.17. The predicted octanol–water partition coefficient (Wildman–Crippen LogP) is -1.91. The second-order valence-corrected chi connectivity index (χ2v) is 4.17. The second kappa shape index (κ2) is 5.44. The van der Waals surface area contributed by atoms with Crippen LogP contribution in [0.15, 0.2) is 0 Å². The average Bonchev–Trinajstić information content (AvgIpc) is 2.18. The molecule has 1 aliphatic rings. The van der Waals surface area contributed by atoms with Crippen molar-refractivity contribution in [2.45, 2.75) is 51.4 Å². The van der Waals surface area contributed by atoms with Gasteiger partial charge in [0.15, 0.2) is 6.29 Å². The monoisotopic (exact) mass is 246 g/mol. The first-order valence-electron chi connectivity index (χ1n) is 5.38. The fraction of sp³-hybridized carbons (Fsp3) is 0.800. The van der Waals surface area contributed by atoms with Gasteiger partial charge in [-0.1, -0.05) is 0 Å². The zero-order valence-corrected chi connectivity index (χ0v) is 10.0. The fourth-order valence-electron chi connectivity index (χ4n) is 1.89. The number of carbonyl (C=O) groups is 2. The Kier molecular flexibility index (Phi) is 4.44. The molecule has 1 fully saturated rings. The minimum atomic E-state index is -1.30. The molecule has 7 heteroatoms. The van der Waals surface area contributed by atoms with Crippen molar-refractivity contribution in [1.82, 2.24) is 10.6 Å². The Labute approximate surface area is 99.1 Å². The smallest absolute Gasteiger partial charge is 0.217 e. The molecule has 0 aromatic heterocycles. The minimum Gasteiger partial charge on any atom is -0.389 e. The zero-order valence-electron chi connectivity index (χ0n) is 10.0. The summed E-state index contributed by atoms with van der Waals surface area (Å²) in [4.78, 5) is 21.9. The van der Waals surface area contributed by atoms with Crippen LogP contribution in [0, 0.1) is 0 Å². The van der Waals surface area contributed by atoms with E-state index in [1.54, 1.807) is 6.92 Å². The Bertz CT molecular complexity index is 281. The van der Waals surface area contributed by atoms with Crippen molar-refractivity contribution < 1.29 is 24.5 Å². The van der Waals surface area contributed by atoms with Gasteiger partial charge in [0.2, 0.25) is 11.8 Å². The molecule has 0 saturated carbocycles. The third kappa shape index (κ3) is 3.39. The molecule has 0 aliphatic carbocycles. The van der Waals surface area contributed by atoms with Gasteiger partial charge < -0.3 is 25.6 Å². The first-order valence-corrected chi connectivity index (χ1v) is 5.38. The van der Waals surface area contributed by atoms with E-state index in [0.717, 1.165) is 0 Å². The van der Waals surface area contributed by atoms with Crippen LogP contribution in [0.5, 0.6) is 0 Å². The van der Waals surface area contributed by atoms with Crippen LogP contribution in [0.25, 0.3) is 0 Å². The molecular weight excluding hydrogens is 228 g/mol. The Morgan fingerprint density at radius 1 is 1.06 bits per heavy atom. The molecule has 7 nitrogen and oxygen atoms in total. The molecule has 1 heterocycles. The molecule has 0 aromatic rings. The SMILES string of the molecule is CC(=O)N[C@@H]1[C@@H](O)[C@H](NC(C)=O)[C@@H](C)O[C@H]1O. The summed E-state index contributed by atoms with van der Waals surface area (Å²) in [6.07, 6.45) is -2.95. The maximum atomic E-state index is 11.0. The number of ether oxygens (including phenoxy) is 1. The molecule has 4 N–H and O–H groups in total. The third-order valence-electron chi connectivity index (χ3n) is 2.64. The number of aliphatic hydroxyl groups excluding tert-OH is 2. The van der Waals surface area contributed by atoms with Gasteiger partial charge in [0.25, 0.3) is 0 Å². The highest BCUT2D eigenvalue weighted by Gasteiger charge is 2.43. The molecule has 5 atom stereocenters. The number of amides is 2. The summed E-state index contributed by atoms with van der Waals surface area (Å²) in [6.45, 7) is 4.21. The van der Waals surface area contributed by atoms with Crippen LogP contribution in [0.4, 0.5) is 0 Å². The van der Waals surface area contributed by atoms with Crippen molar-refractivity contribution in [2.75, 3.05) is 0 Å². The van der Waals surface area contributed by atoms with Crippen molar-refractivity contribution in [1.29, 1.82) is 0 Å². The van der Waals surface area contributed by atoms with E-state index in [4.69, 9.17) is 4.74 Å². The van der Waals surface area contributed by atoms with Crippen LogP contribution in [0.3, 0.4) is 0 Å². The highest BCUT2D eigenvalue weighted by molar-refractivity contribution is 5.74. The van der Waals surface area contributed by atoms with E-state index in [9.17, 15) is 19.8 Å². The number of nitrogens with one attached hydrogen (secondary N) is 2. The van der Waals surface area contributed by atoms with Crippen LogP contribution in [0.1, 0.15) is 20.8 Å². The van der Waals surface area contributed by atoms with Crippen LogP contribution in [-0.4, -0.2) is 52.6 Å². The molecule has 2 amide bonds. The molecule has 0 radical (unpaired) electrons. The van der Waals surface area contributed by atoms with Crippen molar-refractivity contribution in [3.63, 3.8) is 0 Å². The van der Waals surface area contributed by atoms with Gasteiger partial charge in [-0.05, 0) is 6.92 Å². The van der Waals surface area contributed by atoms with E-state index in [0.29, 0.717) is 0 Å². The summed E-state index contributed by atoms with van der Waals surface area (Å²) in [5.41, 5.74) is 0. The molecule has 0 aromatic carbocycles. The first kappa shape index (κ1) is 13.9. The molecular formula is C10H18N2O5. The van der Waals surface area contributed by atoms with E-state index >= 15 is 0 Å². The first-order chi connectivity index (χ1) is 7.82. The minimum absolute atomic E-state index is 0.317. The number of hydrogen-bond donors (Lipinski definition) is 4. The third-order valence-corrected chi connectivity index (χ3v) is 2.64. The van der Waals surface area contributed by atoms with E-state index in [2.05, 4.69) is 10.6 Å². The van der Waals surface area contributed by atoms with Gasteiger partial charge in [-0.25, -0.2) is 0 Å². The molecule has 0 bridgehead atoms. The van der Waals surface area contributed by atoms with Crippen molar-refractivity contribution in [2.24, 2.45) is 0 Å². The predicted molar refractivity (Wildman–Crippen MR) is 57.8 cm³/mol. The van der Waals surface area contributed by atoms with Crippen molar-refractivity contribution >= 4 is 11.8 Å². The lowest BCUT2D eigenvalue weighted by Crippen LogP contribution is -2.66. The van der Waals surface area contributed by atoms with Gasteiger partial charge in [0, 0.05) is 13.8 Å². The van der Waals surface area contributed by atoms with Crippen molar-refractivity contribution in [3.05, 3.63) is 0 Å². The van der Waals surface area contributed by atoms with E-state index in [1.165, 1.54) is 13.8 Å². The number of aliphatic hydroxyl groups is 2. The van der Waals surface area contributed by atoms with Gasteiger partial charge in [0.1, 0.15) is 12.1 Å². The lowest BCUT2D eigenvalue weighted by molar-refractivity contribution is -0.214. The molecule has 1 saturated heterocycles. The normalized spacial score (nSPS) is 37.4. The fourth-order valence-corrected chi connectivity index (χ4v) is 1.89. The number of carbonyl (C=O) groups excluding carboxylic acids is 2. The molecule has 98 valence electrons. The van der Waals surface area contributed by atoms with Gasteiger partial charge in [-0.3, -0.25) is 9.59 Å². The summed E-state index contributed by atoms with van der Waals surface area (Å²) in [6, 6.07) is -1.63. The van der Waals surface area contributed by atoms with Crippen LogP contribution in [-0.2, 0) is 14.3 Å². The lowest BCUT2D eigenvalue weighted by atomic mass is 9.95. The summed E-state index contributed by atoms with van der Waals surface area (Å²) in [5, 5.41) is 24.5. The van der Waals surface area contributed by atoms with Crippen molar-refractivity contribution in [3.8, 4) is 0 Å². The molecule has 0 unspecified atom stereocenters. The summed E-state index contributed by atoms with van der Waals surface area (Å²) >= 11 is 0. The summed E-state index contributed by atoms with van der Waals surface area (Å²) in [7, 11) is 0. The van der Waals surface area contributed by atoms with Gasteiger partial charge in [0.05, 0.1) is 12.1 Å². The van der Waals surface area contributed by atoms with Gasteiger partial charge in [-0.2, -0.15) is 0 Å². The van der Waals surface area contributed by atoms with Gasteiger partial charge >= 0.3 is 0 Å². The average molecular weight is 246 g/mol. The van der Waals surface area contributed by atoms with E-state index in [1.807, 2.05) is 0 Å². The summed E-state index contributed by atoms with van der Waals surface area (Å²) < 4.78 is 5.15. The Morgan fingerprint density at radius 2 is 1.53 bits per heavy atom. The standard InChI is InChI=1S/C10H18N2O5/c1-4-7(11-5(2)13)9(15)8(10(16)17-4)12-6(3)14/h4,7-10,15-16H,1-3H3,(H,11,13)(H,12,14)/t4-,7-,8-,9+,10-/m1/s1. The van der Waals surface area contributed by atoms with E-state index < -0.39 is 36.5 Å². The molecule has 1 rings (SSSR count). The van der Waals surface area contributed by atoms with E-state index in [-0.39, 0.29) is 5.91 Å². The largest absolute Gasteiger partial charge is 0.389 e. The lowest BCUT2D eigenvalue weighted by Gasteiger charge is -2.42. The number of hydrogen-bond acceptors (Lipinski definition) is 5.